The Hall–Kier alpha value is -8.35. The fraction of sp³-hybridized carbons (Fsp3) is 0. The first-order valence-electron chi connectivity index (χ1n) is 23.9. The number of para-hydroxylation sites is 1. The van der Waals surface area contributed by atoms with Gasteiger partial charge in [0.25, 0.3) is 0 Å². The lowest BCUT2D eigenvalue weighted by atomic mass is 9.95. The van der Waals surface area contributed by atoms with Crippen molar-refractivity contribution in [2.75, 3.05) is 0 Å². The number of benzene rings is 11. The Balaban J connectivity index is 1.22. The molecule has 1 heterocycles. The topological polar surface area (TPSA) is 4.93 Å². The van der Waals surface area contributed by atoms with Crippen molar-refractivity contribution in [2.45, 2.75) is 0 Å². The number of hydrogen-bond donors (Lipinski definition) is 0. The van der Waals surface area contributed by atoms with Crippen LogP contribution in [0.2, 0.25) is 0 Å². The quantitative estimate of drug-likeness (QED) is 0.0900. The summed E-state index contributed by atoms with van der Waals surface area (Å²) in [6, 6.07) is 111. The molecule has 0 radical (unpaired) electrons. The maximum Gasteiger partial charge on any atom is 0.179 e. The van der Waals surface area contributed by atoms with Crippen LogP contribution in [0.15, 0.2) is 297 Å². The second-order valence-corrected chi connectivity index (χ2v) is 25.6. The Bertz CT molecular complexity index is 3420. The summed E-state index contributed by atoms with van der Waals surface area (Å²) in [7, 11) is -5.81. The minimum Gasteiger partial charge on any atom is -0.308 e. The average molecular weight is 912 g/mol. The molecule has 0 amide bonds. The summed E-state index contributed by atoms with van der Waals surface area (Å²) in [4.78, 5) is 0. The summed E-state index contributed by atoms with van der Waals surface area (Å²) in [5, 5.41) is 13.3. The van der Waals surface area contributed by atoms with Gasteiger partial charge in [-0.3, -0.25) is 0 Å². The smallest absolute Gasteiger partial charge is 0.179 e. The number of hydrogen-bond acceptors (Lipinski definition) is 0. The zero-order valence-corrected chi connectivity index (χ0v) is 40.2. The first kappa shape index (κ1) is 42.0. The van der Waals surface area contributed by atoms with Crippen LogP contribution < -0.4 is 41.5 Å². The van der Waals surface area contributed by atoms with Crippen LogP contribution in [0.3, 0.4) is 0 Å². The van der Waals surface area contributed by atoms with Gasteiger partial charge >= 0.3 is 0 Å². The standard InChI is InChI=1S/C66H49NSi2/c1-9-27-50(28-10-1)61-48-59(69(55-37-19-6-20-38-55,56-39-21-7-22-40-56)57-41-23-8-24-42-57)49-62(51-29-11-2-12-30-51)66(61)67-64-44-26-25-43-60(64)63-47-58(45-46-65(63)67)68(52-31-13-3-14-32-52,53-33-15-4-16-34-53)54-35-17-5-18-36-54/h1-49H. The molecule has 0 fully saturated rings. The SMILES string of the molecule is c1ccc(-c2cc([Si](c3ccccc3)(c3ccccc3)c3ccccc3)cc(-c3ccccc3)c2-n2c3ccccc3c3cc([Si](c4ccccc4)(c4ccccc4)c4ccccc4)ccc32)cc1. The summed E-state index contributed by atoms with van der Waals surface area (Å²) in [5.41, 5.74) is 8.27. The van der Waals surface area contributed by atoms with Crippen molar-refractivity contribution < 1.29 is 0 Å². The van der Waals surface area contributed by atoms with Crippen LogP contribution in [-0.2, 0) is 0 Å². The van der Waals surface area contributed by atoms with Crippen molar-refractivity contribution >= 4 is 79.4 Å². The minimum atomic E-state index is -2.97. The van der Waals surface area contributed by atoms with E-state index in [4.69, 9.17) is 0 Å². The Labute approximate surface area is 406 Å². The normalized spacial score (nSPS) is 11.8. The van der Waals surface area contributed by atoms with Crippen LogP contribution in [0.5, 0.6) is 0 Å². The number of rotatable bonds is 11. The molecule has 0 N–H and O–H groups in total. The fourth-order valence-corrected chi connectivity index (χ4v) is 20.9. The lowest BCUT2D eigenvalue weighted by molar-refractivity contribution is 1.18. The third-order valence-corrected chi connectivity index (χ3v) is 23.8. The van der Waals surface area contributed by atoms with Gasteiger partial charge in [0.2, 0.25) is 0 Å². The Kier molecular flexibility index (Phi) is 11.0. The maximum absolute atomic E-state index is 2.97. The first-order chi connectivity index (χ1) is 34.3. The van der Waals surface area contributed by atoms with Gasteiger partial charge in [0.05, 0.1) is 16.7 Å². The van der Waals surface area contributed by atoms with Crippen LogP contribution in [0.4, 0.5) is 0 Å². The van der Waals surface area contributed by atoms with Gasteiger partial charge in [0.15, 0.2) is 16.1 Å². The second-order valence-electron chi connectivity index (χ2n) is 17.9. The van der Waals surface area contributed by atoms with Crippen molar-refractivity contribution in [3.63, 3.8) is 0 Å². The minimum absolute atomic E-state index is 1.17. The Morgan fingerprint density at radius 1 is 0.217 bits per heavy atom. The van der Waals surface area contributed by atoms with E-state index in [-0.39, 0.29) is 0 Å². The van der Waals surface area contributed by atoms with E-state index in [0.717, 1.165) is 0 Å². The summed E-state index contributed by atoms with van der Waals surface area (Å²) in [5.74, 6) is 0. The number of fused-ring (bicyclic) bond motifs is 3. The van der Waals surface area contributed by atoms with Crippen LogP contribution in [-0.4, -0.2) is 20.7 Å². The van der Waals surface area contributed by atoms with E-state index in [1.54, 1.807) is 0 Å². The van der Waals surface area contributed by atoms with E-state index in [0.29, 0.717) is 0 Å². The van der Waals surface area contributed by atoms with Crippen molar-refractivity contribution in [2.24, 2.45) is 0 Å². The number of nitrogens with zero attached hydrogens (tertiary/aromatic N) is 1. The Morgan fingerprint density at radius 2 is 0.522 bits per heavy atom. The average Bonchev–Trinajstić information content (AvgIpc) is 3.77. The van der Waals surface area contributed by atoms with Gasteiger partial charge < -0.3 is 4.57 Å². The van der Waals surface area contributed by atoms with Gasteiger partial charge in [-0.2, -0.15) is 0 Å². The van der Waals surface area contributed by atoms with Crippen molar-refractivity contribution in [1.29, 1.82) is 0 Å². The van der Waals surface area contributed by atoms with E-state index in [2.05, 4.69) is 302 Å². The molecule has 11 aromatic carbocycles. The fourth-order valence-electron chi connectivity index (χ4n) is 11.3. The van der Waals surface area contributed by atoms with E-state index < -0.39 is 16.1 Å². The molecule has 1 aromatic heterocycles. The zero-order valence-electron chi connectivity index (χ0n) is 38.2. The molecule has 0 aliphatic rings. The molecule has 1 nitrogen and oxygen atoms in total. The number of aromatic nitrogens is 1. The van der Waals surface area contributed by atoms with Gasteiger partial charge in [0, 0.05) is 21.9 Å². The molecule has 0 spiro atoms. The van der Waals surface area contributed by atoms with Crippen LogP contribution >= 0.6 is 0 Å². The van der Waals surface area contributed by atoms with Gasteiger partial charge in [-0.15, -0.1) is 0 Å². The molecule has 326 valence electrons. The summed E-state index contributed by atoms with van der Waals surface area (Å²) in [6.07, 6.45) is 0. The largest absolute Gasteiger partial charge is 0.308 e. The highest BCUT2D eigenvalue weighted by molar-refractivity contribution is 7.20. The van der Waals surface area contributed by atoms with Crippen LogP contribution in [0.1, 0.15) is 0 Å². The van der Waals surface area contributed by atoms with Crippen LogP contribution in [0, 0.1) is 0 Å². The molecule has 0 bridgehead atoms. The predicted octanol–water partition coefficient (Wildman–Crippen LogP) is 10.9. The molecule has 69 heavy (non-hydrogen) atoms. The first-order valence-corrected chi connectivity index (χ1v) is 27.9. The lowest BCUT2D eigenvalue weighted by Crippen LogP contribution is -2.74. The lowest BCUT2D eigenvalue weighted by Gasteiger charge is -2.36. The van der Waals surface area contributed by atoms with E-state index in [9.17, 15) is 0 Å². The monoisotopic (exact) mass is 911 g/mol. The molecule has 12 rings (SSSR count). The predicted molar refractivity (Wildman–Crippen MR) is 299 cm³/mol. The highest BCUT2D eigenvalue weighted by Gasteiger charge is 2.44. The molecule has 0 aliphatic carbocycles. The summed E-state index contributed by atoms with van der Waals surface area (Å²) in [6.45, 7) is 0. The molecule has 0 saturated carbocycles. The zero-order chi connectivity index (χ0) is 46.0. The molecule has 3 heteroatoms. The van der Waals surface area contributed by atoms with Crippen molar-refractivity contribution in [3.8, 4) is 27.9 Å². The molecule has 0 aliphatic heterocycles. The third-order valence-electron chi connectivity index (χ3n) is 14.3. The molecular formula is C66H49NSi2. The third kappa shape index (κ3) is 7.05. The van der Waals surface area contributed by atoms with E-state index >= 15 is 0 Å². The van der Waals surface area contributed by atoms with Crippen molar-refractivity contribution in [3.05, 3.63) is 297 Å². The Morgan fingerprint density at radius 3 is 0.899 bits per heavy atom. The summed E-state index contributed by atoms with van der Waals surface area (Å²) < 4.78 is 2.58. The molecule has 0 unspecified atom stereocenters. The van der Waals surface area contributed by atoms with Gasteiger partial charge in [-0.1, -0.05) is 285 Å². The van der Waals surface area contributed by atoms with Gasteiger partial charge in [-0.05, 0) is 64.8 Å². The highest BCUT2D eigenvalue weighted by atomic mass is 28.3. The molecule has 12 aromatic rings. The molecule has 0 atom stereocenters. The van der Waals surface area contributed by atoms with Crippen molar-refractivity contribution in [1.82, 2.24) is 4.57 Å². The van der Waals surface area contributed by atoms with Gasteiger partial charge in [-0.25, -0.2) is 0 Å². The van der Waals surface area contributed by atoms with Gasteiger partial charge in [0.1, 0.15) is 0 Å². The summed E-state index contributed by atoms with van der Waals surface area (Å²) >= 11 is 0. The second kappa shape index (κ2) is 18.0. The molecular weight excluding hydrogens is 863 g/mol. The molecule has 0 saturated heterocycles. The highest BCUT2D eigenvalue weighted by Crippen LogP contribution is 2.41. The van der Waals surface area contributed by atoms with Crippen LogP contribution in [0.25, 0.3) is 49.7 Å². The van der Waals surface area contributed by atoms with E-state index in [1.807, 2.05) is 0 Å². The van der Waals surface area contributed by atoms with E-state index in [1.165, 1.54) is 91.2 Å². The maximum atomic E-state index is 2.58.